The van der Waals surface area contributed by atoms with Crippen LogP contribution in [0.5, 0.6) is 5.75 Å². The number of rotatable bonds is 7. The molecule has 2 aromatic rings. The summed E-state index contributed by atoms with van der Waals surface area (Å²) >= 11 is 5.88. The Morgan fingerprint density at radius 2 is 1.69 bits per heavy atom. The van der Waals surface area contributed by atoms with Crippen LogP contribution < -0.4 is 10.1 Å². The number of likely N-dealkylation sites (tertiary alicyclic amines) is 1. The van der Waals surface area contributed by atoms with Gasteiger partial charge in [-0.2, -0.15) is 0 Å². The zero-order chi connectivity index (χ0) is 18.2. The fraction of sp³-hybridized carbons (Fsp3) is 0.381. The molecule has 26 heavy (non-hydrogen) atoms. The number of amides is 1. The summed E-state index contributed by atoms with van der Waals surface area (Å²) in [5, 5.41) is 4.03. The fourth-order valence-electron chi connectivity index (χ4n) is 3.03. The molecular formula is C21H25ClN2O2. The summed E-state index contributed by atoms with van der Waals surface area (Å²) in [7, 11) is 0. The van der Waals surface area contributed by atoms with E-state index in [1.54, 1.807) is 0 Å². The van der Waals surface area contributed by atoms with Gasteiger partial charge in [0.25, 0.3) is 0 Å². The Morgan fingerprint density at radius 3 is 2.38 bits per heavy atom. The van der Waals surface area contributed by atoms with Crippen LogP contribution in [0.15, 0.2) is 48.5 Å². The lowest BCUT2D eigenvalue weighted by molar-refractivity contribution is -0.131. The first-order valence-electron chi connectivity index (χ1n) is 9.20. The second kappa shape index (κ2) is 9.48. The van der Waals surface area contributed by atoms with Gasteiger partial charge in [-0.05, 0) is 61.2 Å². The fourth-order valence-corrected chi connectivity index (χ4v) is 3.16. The molecule has 4 nitrogen and oxygen atoms in total. The van der Waals surface area contributed by atoms with Crippen molar-refractivity contribution < 1.29 is 9.53 Å². The molecule has 0 radical (unpaired) electrons. The first-order valence-corrected chi connectivity index (χ1v) is 9.57. The van der Waals surface area contributed by atoms with Crippen LogP contribution in [-0.4, -0.2) is 30.4 Å². The maximum Gasteiger partial charge on any atom is 0.224 e. The summed E-state index contributed by atoms with van der Waals surface area (Å²) in [5.41, 5.74) is 2.07. The zero-order valence-electron chi connectivity index (χ0n) is 14.9. The standard InChI is InChI=1S/C21H25ClN2O2/c22-18-6-4-17(5-7-18)16-26-20-10-8-19(9-11-20)23-13-12-21(25)24-14-2-1-3-15-24/h4-11,23H,1-3,12-16H2. The third-order valence-corrected chi connectivity index (χ3v) is 4.80. The smallest absolute Gasteiger partial charge is 0.224 e. The first kappa shape index (κ1) is 18.6. The number of hydrogen-bond donors (Lipinski definition) is 1. The van der Waals surface area contributed by atoms with E-state index >= 15 is 0 Å². The van der Waals surface area contributed by atoms with Gasteiger partial charge in [-0.25, -0.2) is 0 Å². The molecule has 0 spiro atoms. The minimum absolute atomic E-state index is 0.250. The molecule has 2 aromatic carbocycles. The van der Waals surface area contributed by atoms with Gasteiger partial charge >= 0.3 is 0 Å². The van der Waals surface area contributed by atoms with Crippen LogP contribution in [-0.2, 0) is 11.4 Å². The number of anilines is 1. The molecule has 1 aliphatic heterocycles. The number of piperidine rings is 1. The minimum atomic E-state index is 0.250. The summed E-state index contributed by atoms with van der Waals surface area (Å²) in [6.07, 6.45) is 4.05. The van der Waals surface area contributed by atoms with E-state index in [0.29, 0.717) is 19.6 Å². The van der Waals surface area contributed by atoms with Crippen LogP contribution in [0.3, 0.4) is 0 Å². The van der Waals surface area contributed by atoms with Crippen molar-refractivity contribution in [3.05, 3.63) is 59.1 Å². The predicted octanol–water partition coefficient (Wildman–Crippen LogP) is 4.73. The van der Waals surface area contributed by atoms with Crippen molar-refractivity contribution >= 4 is 23.2 Å². The molecule has 0 aliphatic carbocycles. The Bertz CT molecular complexity index is 695. The molecule has 0 unspecified atom stereocenters. The molecule has 1 heterocycles. The summed E-state index contributed by atoms with van der Waals surface area (Å²) in [6.45, 7) is 2.99. The van der Waals surface area contributed by atoms with Gasteiger partial charge in [0, 0.05) is 36.8 Å². The van der Waals surface area contributed by atoms with Gasteiger partial charge in [0.2, 0.25) is 5.91 Å². The van der Waals surface area contributed by atoms with Gasteiger partial charge in [-0.3, -0.25) is 4.79 Å². The van der Waals surface area contributed by atoms with Crippen molar-refractivity contribution in [1.82, 2.24) is 4.90 Å². The van der Waals surface area contributed by atoms with Gasteiger partial charge in [0.15, 0.2) is 0 Å². The van der Waals surface area contributed by atoms with Gasteiger partial charge in [-0.15, -0.1) is 0 Å². The van der Waals surface area contributed by atoms with Crippen LogP contribution in [0, 0.1) is 0 Å². The molecule has 0 saturated carbocycles. The minimum Gasteiger partial charge on any atom is -0.489 e. The number of nitrogens with zero attached hydrogens (tertiary/aromatic N) is 1. The largest absolute Gasteiger partial charge is 0.489 e. The highest BCUT2D eigenvalue weighted by Gasteiger charge is 2.15. The highest BCUT2D eigenvalue weighted by molar-refractivity contribution is 6.30. The lowest BCUT2D eigenvalue weighted by atomic mass is 10.1. The monoisotopic (exact) mass is 372 g/mol. The molecule has 5 heteroatoms. The van der Waals surface area contributed by atoms with E-state index in [4.69, 9.17) is 16.3 Å². The van der Waals surface area contributed by atoms with Gasteiger partial charge in [0.05, 0.1) is 0 Å². The van der Waals surface area contributed by atoms with Crippen LogP contribution >= 0.6 is 11.6 Å². The second-order valence-electron chi connectivity index (χ2n) is 6.56. The van der Waals surface area contributed by atoms with Crippen LogP contribution in [0.25, 0.3) is 0 Å². The Morgan fingerprint density at radius 1 is 1.00 bits per heavy atom. The number of nitrogens with one attached hydrogen (secondary N) is 1. The molecule has 1 N–H and O–H groups in total. The molecule has 3 rings (SSSR count). The lowest BCUT2D eigenvalue weighted by Gasteiger charge is -2.26. The number of carbonyl (C=O) groups is 1. The molecule has 1 aliphatic rings. The predicted molar refractivity (Wildman–Crippen MR) is 106 cm³/mol. The van der Waals surface area contributed by atoms with Crippen molar-refractivity contribution in [2.75, 3.05) is 25.0 Å². The summed E-state index contributed by atoms with van der Waals surface area (Å²) in [6, 6.07) is 15.5. The summed E-state index contributed by atoms with van der Waals surface area (Å²) < 4.78 is 5.78. The topological polar surface area (TPSA) is 41.6 Å². The molecule has 1 saturated heterocycles. The van der Waals surface area contributed by atoms with Crippen molar-refractivity contribution in [3.63, 3.8) is 0 Å². The number of benzene rings is 2. The van der Waals surface area contributed by atoms with Crippen LogP contribution in [0.4, 0.5) is 5.69 Å². The third-order valence-electron chi connectivity index (χ3n) is 4.55. The van der Waals surface area contributed by atoms with Gasteiger partial charge in [0.1, 0.15) is 12.4 Å². The number of ether oxygens (including phenoxy) is 1. The Balaban J connectivity index is 1.39. The number of carbonyl (C=O) groups excluding carboxylic acids is 1. The summed E-state index contributed by atoms with van der Waals surface area (Å²) in [4.78, 5) is 14.1. The second-order valence-corrected chi connectivity index (χ2v) is 6.99. The molecule has 1 fully saturated rings. The van der Waals surface area contributed by atoms with Gasteiger partial charge in [-0.1, -0.05) is 23.7 Å². The Labute approximate surface area is 160 Å². The molecule has 138 valence electrons. The SMILES string of the molecule is O=C(CCNc1ccc(OCc2ccc(Cl)cc2)cc1)N1CCCCC1. The molecule has 1 amide bonds. The highest BCUT2D eigenvalue weighted by atomic mass is 35.5. The molecule has 0 atom stereocenters. The van der Waals surface area contributed by atoms with Crippen LogP contribution in [0.2, 0.25) is 5.02 Å². The van der Waals surface area contributed by atoms with Crippen molar-refractivity contribution in [2.24, 2.45) is 0 Å². The molecule has 0 aromatic heterocycles. The Kier molecular flexibility index (Phi) is 6.78. The number of hydrogen-bond acceptors (Lipinski definition) is 3. The van der Waals surface area contributed by atoms with Gasteiger partial charge < -0.3 is 15.0 Å². The van der Waals surface area contributed by atoms with Crippen molar-refractivity contribution in [3.8, 4) is 5.75 Å². The van der Waals surface area contributed by atoms with E-state index in [-0.39, 0.29) is 5.91 Å². The van der Waals surface area contributed by atoms with E-state index in [1.165, 1.54) is 6.42 Å². The van der Waals surface area contributed by atoms with E-state index < -0.39 is 0 Å². The van der Waals surface area contributed by atoms with Crippen molar-refractivity contribution in [2.45, 2.75) is 32.3 Å². The van der Waals surface area contributed by atoms with E-state index in [0.717, 1.165) is 48.0 Å². The van der Waals surface area contributed by atoms with E-state index in [9.17, 15) is 4.79 Å². The quantitative estimate of drug-likeness (QED) is 0.763. The third kappa shape index (κ3) is 5.67. The lowest BCUT2D eigenvalue weighted by Crippen LogP contribution is -2.36. The highest BCUT2D eigenvalue weighted by Crippen LogP contribution is 2.18. The number of halogens is 1. The first-order chi connectivity index (χ1) is 12.7. The summed E-state index contributed by atoms with van der Waals surface area (Å²) in [5.74, 6) is 1.06. The molecule has 0 bridgehead atoms. The van der Waals surface area contributed by atoms with E-state index in [2.05, 4.69) is 5.32 Å². The van der Waals surface area contributed by atoms with Crippen molar-refractivity contribution in [1.29, 1.82) is 0 Å². The average Bonchev–Trinajstić information content (AvgIpc) is 2.69. The zero-order valence-corrected chi connectivity index (χ0v) is 15.7. The Hall–Kier alpha value is -2.20. The van der Waals surface area contributed by atoms with E-state index in [1.807, 2.05) is 53.4 Å². The maximum atomic E-state index is 12.1. The van der Waals surface area contributed by atoms with Crippen LogP contribution in [0.1, 0.15) is 31.2 Å². The maximum absolute atomic E-state index is 12.1. The average molecular weight is 373 g/mol. The normalized spacial score (nSPS) is 14.1. The molecular weight excluding hydrogens is 348 g/mol.